The Kier molecular flexibility index (Phi) is 4.81. The van der Waals surface area contributed by atoms with Crippen molar-refractivity contribution in [3.8, 4) is 11.3 Å². The molecule has 0 saturated heterocycles. The van der Waals surface area contributed by atoms with Crippen molar-refractivity contribution in [1.82, 2.24) is 9.55 Å². The van der Waals surface area contributed by atoms with Gasteiger partial charge < -0.3 is 9.88 Å². The molecule has 0 fully saturated rings. The number of carbonyl (C=O) groups is 2. The van der Waals surface area contributed by atoms with Gasteiger partial charge in [0.15, 0.2) is 11.4 Å². The van der Waals surface area contributed by atoms with E-state index in [-0.39, 0.29) is 18.1 Å². The van der Waals surface area contributed by atoms with Crippen LogP contribution in [0.5, 0.6) is 0 Å². The van der Waals surface area contributed by atoms with Gasteiger partial charge in [0.1, 0.15) is 5.82 Å². The molecule has 24 heavy (non-hydrogen) atoms. The predicted molar refractivity (Wildman–Crippen MR) is 90.6 cm³/mol. The normalized spacial score (nSPS) is 10.5. The summed E-state index contributed by atoms with van der Waals surface area (Å²) in [4.78, 5) is 27.2. The lowest BCUT2D eigenvalue weighted by Crippen LogP contribution is -2.14. The predicted octanol–water partition coefficient (Wildman–Crippen LogP) is 3.59. The average molecular weight is 343 g/mol. The van der Waals surface area contributed by atoms with Crippen molar-refractivity contribution in [1.29, 1.82) is 0 Å². The number of anilines is 1. The molecule has 2 heterocycles. The standard InChI is InChI=1S/C17H14FN3O2S/c18-13-5-3-12(4-6-13)15-11-24-17(19-15)20-16(23)7-9-21-8-1-2-14(21)10-22/h1-6,8,10-11H,7,9H2,(H,19,20,23). The minimum absolute atomic E-state index is 0.180. The van der Waals surface area contributed by atoms with E-state index >= 15 is 0 Å². The number of hydrogen-bond acceptors (Lipinski definition) is 4. The van der Waals surface area contributed by atoms with Gasteiger partial charge in [-0.1, -0.05) is 0 Å². The number of nitrogens with zero attached hydrogens (tertiary/aromatic N) is 2. The number of halogens is 1. The molecule has 1 aromatic carbocycles. The molecule has 0 unspecified atom stereocenters. The summed E-state index contributed by atoms with van der Waals surface area (Å²) in [5.41, 5.74) is 2.01. The van der Waals surface area contributed by atoms with Crippen LogP contribution < -0.4 is 5.32 Å². The number of thiazole rings is 1. The highest BCUT2D eigenvalue weighted by molar-refractivity contribution is 7.14. The molecule has 0 spiro atoms. The van der Waals surface area contributed by atoms with Gasteiger partial charge in [0.05, 0.1) is 11.4 Å². The zero-order valence-electron chi connectivity index (χ0n) is 12.6. The molecule has 0 atom stereocenters. The highest BCUT2D eigenvalue weighted by Gasteiger charge is 2.09. The first kappa shape index (κ1) is 16.1. The van der Waals surface area contributed by atoms with Crippen LogP contribution in [0.25, 0.3) is 11.3 Å². The first-order valence-electron chi connectivity index (χ1n) is 7.27. The lowest BCUT2D eigenvalue weighted by molar-refractivity contribution is -0.116. The fourth-order valence-corrected chi connectivity index (χ4v) is 2.96. The molecule has 0 radical (unpaired) electrons. The van der Waals surface area contributed by atoms with E-state index in [0.717, 1.165) is 11.8 Å². The average Bonchev–Trinajstić information content (AvgIpc) is 3.22. The minimum atomic E-state index is -0.304. The van der Waals surface area contributed by atoms with E-state index in [4.69, 9.17) is 0 Å². The van der Waals surface area contributed by atoms with E-state index in [9.17, 15) is 14.0 Å². The van der Waals surface area contributed by atoms with Crippen LogP contribution in [0, 0.1) is 5.82 Å². The van der Waals surface area contributed by atoms with Gasteiger partial charge in [-0.3, -0.25) is 9.59 Å². The van der Waals surface area contributed by atoms with Gasteiger partial charge in [-0.2, -0.15) is 0 Å². The highest BCUT2D eigenvalue weighted by atomic mass is 32.1. The number of carbonyl (C=O) groups excluding carboxylic acids is 2. The van der Waals surface area contributed by atoms with E-state index in [1.54, 1.807) is 40.4 Å². The SMILES string of the molecule is O=Cc1cccn1CCC(=O)Nc1nc(-c2ccc(F)cc2)cs1. The number of hydrogen-bond donors (Lipinski definition) is 1. The van der Waals surface area contributed by atoms with Crippen LogP contribution in [-0.4, -0.2) is 21.7 Å². The quantitative estimate of drug-likeness (QED) is 0.696. The Bertz CT molecular complexity index is 855. The van der Waals surface area contributed by atoms with Crippen molar-refractivity contribution in [3.63, 3.8) is 0 Å². The largest absolute Gasteiger partial charge is 0.345 e. The maximum absolute atomic E-state index is 12.9. The minimum Gasteiger partial charge on any atom is -0.345 e. The van der Waals surface area contributed by atoms with Gasteiger partial charge in [0.2, 0.25) is 5.91 Å². The summed E-state index contributed by atoms with van der Waals surface area (Å²) in [6, 6.07) is 9.48. The molecule has 7 heteroatoms. The Hall–Kier alpha value is -2.80. The van der Waals surface area contributed by atoms with Crippen LogP contribution in [-0.2, 0) is 11.3 Å². The summed E-state index contributed by atoms with van der Waals surface area (Å²) in [7, 11) is 0. The zero-order valence-corrected chi connectivity index (χ0v) is 13.4. The van der Waals surface area contributed by atoms with E-state index in [2.05, 4.69) is 10.3 Å². The number of amides is 1. The number of aldehydes is 1. The summed E-state index contributed by atoms with van der Waals surface area (Å²) in [6.45, 7) is 0.420. The first-order chi connectivity index (χ1) is 11.7. The summed E-state index contributed by atoms with van der Waals surface area (Å²) < 4.78 is 14.7. The fraction of sp³-hybridized carbons (Fsp3) is 0.118. The second kappa shape index (κ2) is 7.18. The monoisotopic (exact) mass is 343 g/mol. The van der Waals surface area contributed by atoms with Gasteiger partial charge in [0.25, 0.3) is 0 Å². The van der Waals surface area contributed by atoms with Crippen molar-refractivity contribution in [3.05, 3.63) is 59.5 Å². The third-order valence-electron chi connectivity index (χ3n) is 3.46. The number of benzene rings is 1. The van der Waals surface area contributed by atoms with Crippen LogP contribution in [0.2, 0.25) is 0 Å². The molecule has 0 aliphatic rings. The van der Waals surface area contributed by atoms with Crippen LogP contribution in [0.3, 0.4) is 0 Å². The molecule has 3 aromatic rings. The van der Waals surface area contributed by atoms with Crippen molar-refractivity contribution in [2.75, 3.05) is 5.32 Å². The van der Waals surface area contributed by atoms with E-state index in [1.165, 1.54) is 23.5 Å². The van der Waals surface area contributed by atoms with Crippen LogP contribution in [0.1, 0.15) is 16.9 Å². The Morgan fingerprint density at radius 2 is 2.08 bits per heavy atom. The fourth-order valence-electron chi connectivity index (χ4n) is 2.23. The summed E-state index contributed by atoms with van der Waals surface area (Å²) in [5, 5.41) is 5.03. The first-order valence-corrected chi connectivity index (χ1v) is 8.15. The molecular formula is C17H14FN3O2S. The second-order valence-corrected chi connectivity index (χ2v) is 5.95. The number of nitrogens with one attached hydrogen (secondary N) is 1. The second-order valence-electron chi connectivity index (χ2n) is 5.09. The Balaban J connectivity index is 1.59. The van der Waals surface area contributed by atoms with Gasteiger partial charge in [0, 0.05) is 30.1 Å². The maximum Gasteiger partial charge on any atom is 0.227 e. The number of rotatable bonds is 6. The lowest BCUT2D eigenvalue weighted by Gasteiger charge is -2.05. The van der Waals surface area contributed by atoms with Crippen LogP contribution in [0.15, 0.2) is 48.0 Å². The van der Waals surface area contributed by atoms with Gasteiger partial charge in [-0.15, -0.1) is 11.3 Å². The third-order valence-corrected chi connectivity index (χ3v) is 4.21. The summed E-state index contributed by atoms with van der Waals surface area (Å²) in [6.07, 6.45) is 2.75. The van der Waals surface area contributed by atoms with Crippen LogP contribution in [0.4, 0.5) is 9.52 Å². The van der Waals surface area contributed by atoms with Gasteiger partial charge in [-0.05, 0) is 36.4 Å². The lowest BCUT2D eigenvalue weighted by atomic mass is 10.2. The van der Waals surface area contributed by atoms with Gasteiger partial charge >= 0.3 is 0 Å². The summed E-state index contributed by atoms with van der Waals surface area (Å²) >= 11 is 1.31. The third kappa shape index (κ3) is 3.75. The van der Waals surface area contributed by atoms with E-state index in [1.807, 2.05) is 0 Å². The Morgan fingerprint density at radius 1 is 1.29 bits per heavy atom. The molecule has 1 amide bonds. The van der Waals surface area contributed by atoms with Crippen molar-refractivity contribution >= 4 is 28.7 Å². The molecule has 1 N–H and O–H groups in total. The molecule has 2 aromatic heterocycles. The van der Waals surface area contributed by atoms with Crippen molar-refractivity contribution in [2.24, 2.45) is 0 Å². The Morgan fingerprint density at radius 3 is 2.83 bits per heavy atom. The van der Waals surface area contributed by atoms with Gasteiger partial charge in [-0.25, -0.2) is 9.37 Å². The van der Waals surface area contributed by atoms with Crippen molar-refractivity contribution in [2.45, 2.75) is 13.0 Å². The molecule has 122 valence electrons. The van der Waals surface area contributed by atoms with E-state index in [0.29, 0.717) is 23.1 Å². The van der Waals surface area contributed by atoms with Crippen molar-refractivity contribution < 1.29 is 14.0 Å². The maximum atomic E-state index is 12.9. The van der Waals surface area contributed by atoms with E-state index < -0.39 is 0 Å². The molecule has 5 nitrogen and oxygen atoms in total. The molecule has 3 rings (SSSR count). The number of aromatic nitrogens is 2. The molecule has 0 saturated carbocycles. The molecule has 0 bridgehead atoms. The zero-order chi connectivity index (χ0) is 16.9. The number of aryl methyl sites for hydroxylation is 1. The summed E-state index contributed by atoms with van der Waals surface area (Å²) in [5.74, 6) is -0.484. The Labute approximate surface area is 141 Å². The smallest absolute Gasteiger partial charge is 0.227 e. The molecule has 0 aliphatic heterocycles. The topological polar surface area (TPSA) is 64.0 Å². The molecular weight excluding hydrogens is 329 g/mol. The molecule has 0 aliphatic carbocycles. The highest BCUT2D eigenvalue weighted by Crippen LogP contribution is 2.25. The van der Waals surface area contributed by atoms with Crippen LogP contribution >= 0.6 is 11.3 Å².